The zero-order valence-corrected chi connectivity index (χ0v) is 11.8. The minimum absolute atomic E-state index is 0.0297. The van der Waals surface area contributed by atoms with Crippen LogP contribution in [0.2, 0.25) is 0 Å². The zero-order chi connectivity index (χ0) is 15.8. The standard InChI is InChI=1S/C16H10N4O3/c21-20(22)13-5-6-16-18-14(9-19(16)8-13)11-1-3-12(4-2-11)15-7-17-10-23-15/h1-10H. The number of imidazole rings is 1. The van der Waals surface area contributed by atoms with Gasteiger partial charge in [-0.15, -0.1) is 0 Å². The smallest absolute Gasteiger partial charge is 0.286 e. The summed E-state index contributed by atoms with van der Waals surface area (Å²) in [5, 5.41) is 10.8. The van der Waals surface area contributed by atoms with E-state index in [4.69, 9.17) is 4.42 Å². The average Bonchev–Trinajstić information content (AvgIpc) is 3.23. The van der Waals surface area contributed by atoms with Crippen molar-refractivity contribution in [1.82, 2.24) is 14.4 Å². The summed E-state index contributed by atoms with van der Waals surface area (Å²) in [7, 11) is 0. The third kappa shape index (κ3) is 2.34. The molecule has 0 aliphatic carbocycles. The topological polar surface area (TPSA) is 86.5 Å². The average molecular weight is 306 g/mol. The fraction of sp³-hybridized carbons (Fsp3) is 0. The summed E-state index contributed by atoms with van der Waals surface area (Å²) in [6.07, 6.45) is 6.26. The summed E-state index contributed by atoms with van der Waals surface area (Å²) in [5.41, 5.74) is 3.27. The Morgan fingerprint density at radius 2 is 1.83 bits per heavy atom. The third-order valence-electron chi connectivity index (χ3n) is 3.54. The van der Waals surface area contributed by atoms with E-state index in [1.807, 2.05) is 24.3 Å². The summed E-state index contributed by atoms with van der Waals surface area (Å²) >= 11 is 0. The van der Waals surface area contributed by atoms with Crippen molar-refractivity contribution in [2.24, 2.45) is 0 Å². The molecule has 0 fully saturated rings. The molecule has 0 bridgehead atoms. The van der Waals surface area contributed by atoms with Gasteiger partial charge in [-0.3, -0.25) is 14.5 Å². The molecule has 0 radical (unpaired) electrons. The van der Waals surface area contributed by atoms with Crippen LogP contribution < -0.4 is 0 Å². The molecule has 1 aromatic carbocycles. The van der Waals surface area contributed by atoms with Crippen molar-refractivity contribution in [2.75, 3.05) is 0 Å². The number of hydrogen-bond donors (Lipinski definition) is 0. The second-order valence-electron chi connectivity index (χ2n) is 4.98. The van der Waals surface area contributed by atoms with Gasteiger partial charge in [-0.25, -0.2) is 9.97 Å². The van der Waals surface area contributed by atoms with Crippen LogP contribution in [-0.2, 0) is 0 Å². The van der Waals surface area contributed by atoms with E-state index >= 15 is 0 Å². The summed E-state index contributed by atoms with van der Waals surface area (Å²) in [6, 6.07) is 10.8. The van der Waals surface area contributed by atoms with Crippen molar-refractivity contribution in [2.45, 2.75) is 0 Å². The maximum atomic E-state index is 10.8. The van der Waals surface area contributed by atoms with Gasteiger partial charge in [0.25, 0.3) is 5.69 Å². The lowest BCUT2D eigenvalue weighted by molar-refractivity contribution is -0.385. The van der Waals surface area contributed by atoms with E-state index in [0.29, 0.717) is 11.4 Å². The van der Waals surface area contributed by atoms with E-state index in [1.165, 1.54) is 18.7 Å². The Labute approximate surface area is 130 Å². The number of fused-ring (bicyclic) bond motifs is 1. The highest BCUT2D eigenvalue weighted by Crippen LogP contribution is 2.25. The number of nitro groups is 1. The van der Waals surface area contributed by atoms with Gasteiger partial charge in [-0.1, -0.05) is 24.3 Å². The largest absolute Gasteiger partial charge is 0.444 e. The molecule has 0 aliphatic rings. The second-order valence-corrected chi connectivity index (χ2v) is 4.98. The van der Waals surface area contributed by atoms with Crippen LogP contribution in [0.15, 0.2) is 65.8 Å². The SMILES string of the molecule is O=[N+]([O-])c1ccc2nc(-c3ccc(-c4cnco4)cc3)cn2c1. The molecule has 7 heteroatoms. The molecule has 23 heavy (non-hydrogen) atoms. The van der Waals surface area contributed by atoms with Crippen molar-refractivity contribution < 1.29 is 9.34 Å². The van der Waals surface area contributed by atoms with Crippen LogP contribution in [0.3, 0.4) is 0 Å². The number of oxazole rings is 1. The van der Waals surface area contributed by atoms with Gasteiger partial charge in [0.05, 0.1) is 23.0 Å². The Bertz CT molecular complexity index is 988. The summed E-state index contributed by atoms with van der Waals surface area (Å²) in [6.45, 7) is 0. The minimum atomic E-state index is -0.425. The van der Waals surface area contributed by atoms with Gasteiger partial charge in [0.15, 0.2) is 12.2 Å². The Balaban J connectivity index is 1.72. The molecule has 0 unspecified atom stereocenters. The zero-order valence-electron chi connectivity index (χ0n) is 11.8. The molecule has 3 aromatic heterocycles. The highest BCUT2D eigenvalue weighted by Gasteiger charge is 2.10. The Hall–Kier alpha value is -3.48. The third-order valence-corrected chi connectivity index (χ3v) is 3.54. The van der Waals surface area contributed by atoms with Crippen molar-refractivity contribution >= 4 is 11.3 Å². The van der Waals surface area contributed by atoms with Crippen molar-refractivity contribution in [3.8, 4) is 22.6 Å². The summed E-state index contributed by atoms with van der Waals surface area (Å²) in [4.78, 5) is 18.8. The molecule has 0 atom stereocenters. The van der Waals surface area contributed by atoms with Crippen LogP contribution in [0.4, 0.5) is 5.69 Å². The number of benzene rings is 1. The molecule has 0 aliphatic heterocycles. The molecule has 112 valence electrons. The molecule has 3 heterocycles. The molecule has 0 spiro atoms. The molecule has 0 amide bonds. The molecular formula is C16H10N4O3. The van der Waals surface area contributed by atoms with Gasteiger partial charge < -0.3 is 4.42 Å². The molecule has 4 aromatic rings. The van der Waals surface area contributed by atoms with Gasteiger partial charge in [0.1, 0.15) is 5.65 Å². The maximum absolute atomic E-state index is 10.8. The van der Waals surface area contributed by atoms with Crippen LogP contribution in [-0.4, -0.2) is 19.3 Å². The summed E-state index contributed by atoms with van der Waals surface area (Å²) in [5.74, 6) is 0.696. The van der Waals surface area contributed by atoms with Crippen molar-refractivity contribution in [3.63, 3.8) is 0 Å². The predicted molar refractivity (Wildman–Crippen MR) is 82.8 cm³/mol. The number of hydrogen-bond acceptors (Lipinski definition) is 5. The fourth-order valence-electron chi connectivity index (χ4n) is 2.39. The van der Waals surface area contributed by atoms with Crippen molar-refractivity contribution in [3.05, 3.63) is 71.5 Å². The molecular weight excluding hydrogens is 296 g/mol. The van der Waals surface area contributed by atoms with E-state index in [9.17, 15) is 10.1 Å². The number of aromatic nitrogens is 3. The highest BCUT2D eigenvalue weighted by atomic mass is 16.6. The fourth-order valence-corrected chi connectivity index (χ4v) is 2.39. The van der Waals surface area contributed by atoms with Gasteiger partial charge in [0, 0.05) is 23.4 Å². The minimum Gasteiger partial charge on any atom is -0.444 e. The Morgan fingerprint density at radius 3 is 2.52 bits per heavy atom. The first kappa shape index (κ1) is 13.2. The van der Waals surface area contributed by atoms with E-state index in [-0.39, 0.29) is 5.69 Å². The Kier molecular flexibility index (Phi) is 2.90. The van der Waals surface area contributed by atoms with Crippen molar-refractivity contribution in [1.29, 1.82) is 0 Å². The molecule has 7 nitrogen and oxygen atoms in total. The molecule has 0 saturated heterocycles. The van der Waals surface area contributed by atoms with E-state index in [2.05, 4.69) is 9.97 Å². The van der Waals surface area contributed by atoms with E-state index in [0.717, 1.165) is 16.8 Å². The van der Waals surface area contributed by atoms with Gasteiger partial charge in [-0.2, -0.15) is 0 Å². The Morgan fingerprint density at radius 1 is 1.04 bits per heavy atom. The van der Waals surface area contributed by atoms with Gasteiger partial charge in [0.2, 0.25) is 0 Å². The number of nitrogens with zero attached hydrogens (tertiary/aromatic N) is 4. The van der Waals surface area contributed by atoms with Crippen LogP contribution in [0, 0.1) is 10.1 Å². The van der Waals surface area contributed by atoms with E-state index < -0.39 is 4.92 Å². The van der Waals surface area contributed by atoms with Crippen LogP contribution in [0.5, 0.6) is 0 Å². The maximum Gasteiger partial charge on any atom is 0.286 e. The second kappa shape index (κ2) is 5.06. The number of rotatable bonds is 3. The van der Waals surface area contributed by atoms with Crippen LogP contribution in [0.25, 0.3) is 28.2 Å². The lowest BCUT2D eigenvalue weighted by atomic mass is 10.1. The van der Waals surface area contributed by atoms with Gasteiger partial charge >= 0.3 is 0 Å². The number of pyridine rings is 1. The first-order valence-electron chi connectivity index (χ1n) is 6.83. The highest BCUT2D eigenvalue weighted by molar-refractivity contribution is 5.67. The molecule has 0 N–H and O–H groups in total. The summed E-state index contributed by atoms with van der Waals surface area (Å²) < 4.78 is 6.90. The van der Waals surface area contributed by atoms with Crippen LogP contribution >= 0.6 is 0 Å². The van der Waals surface area contributed by atoms with E-state index in [1.54, 1.807) is 22.9 Å². The monoisotopic (exact) mass is 306 g/mol. The lowest BCUT2D eigenvalue weighted by Gasteiger charge is -1.98. The molecule has 4 rings (SSSR count). The quantitative estimate of drug-likeness (QED) is 0.426. The van der Waals surface area contributed by atoms with Crippen LogP contribution in [0.1, 0.15) is 0 Å². The lowest BCUT2D eigenvalue weighted by Crippen LogP contribution is -1.90. The normalized spacial score (nSPS) is 11.0. The first-order chi connectivity index (χ1) is 11.2. The van der Waals surface area contributed by atoms with Gasteiger partial charge in [-0.05, 0) is 6.07 Å². The predicted octanol–water partition coefficient (Wildman–Crippen LogP) is 3.56. The molecule has 0 saturated carbocycles. The first-order valence-corrected chi connectivity index (χ1v) is 6.83.